The van der Waals surface area contributed by atoms with Gasteiger partial charge in [-0.2, -0.15) is 0 Å². The van der Waals surface area contributed by atoms with Crippen LogP contribution in [-0.4, -0.2) is 12.3 Å². The van der Waals surface area contributed by atoms with Crippen molar-refractivity contribution in [3.05, 3.63) is 0 Å². The van der Waals surface area contributed by atoms with Crippen LogP contribution < -0.4 is 0 Å². The molecule has 0 unspecified atom stereocenters. The fourth-order valence-corrected chi connectivity index (χ4v) is 0.710. The lowest BCUT2D eigenvalue weighted by molar-refractivity contribution is 0.634. The van der Waals surface area contributed by atoms with Crippen LogP contribution >= 0.6 is 0 Å². The van der Waals surface area contributed by atoms with Crippen molar-refractivity contribution in [2.24, 2.45) is 4.99 Å². The van der Waals surface area contributed by atoms with E-state index >= 15 is 0 Å². The molecule has 0 aromatic rings. The molecule has 0 saturated carbocycles. The zero-order valence-electron chi connectivity index (χ0n) is 6.02. The standard InChI is InChI=1S/C7H15N/c1-4-7(5-2)8-6-3/h6-7H,4-5H2,1-3H3. The Morgan fingerprint density at radius 3 is 2.00 bits per heavy atom. The van der Waals surface area contributed by atoms with Gasteiger partial charge in [-0.1, -0.05) is 13.8 Å². The Balaban J connectivity index is 3.36. The molecule has 0 saturated heterocycles. The molecule has 1 nitrogen and oxygen atoms in total. The maximum atomic E-state index is 4.24. The zero-order chi connectivity index (χ0) is 6.41. The highest BCUT2D eigenvalue weighted by molar-refractivity contribution is 5.53. The van der Waals surface area contributed by atoms with E-state index in [1.807, 2.05) is 13.1 Å². The molecular weight excluding hydrogens is 98.1 g/mol. The molecule has 0 aromatic carbocycles. The third-order valence-corrected chi connectivity index (χ3v) is 1.30. The van der Waals surface area contributed by atoms with Gasteiger partial charge in [0, 0.05) is 6.04 Å². The van der Waals surface area contributed by atoms with Crippen molar-refractivity contribution in [1.82, 2.24) is 0 Å². The molecule has 0 aliphatic heterocycles. The Labute approximate surface area is 51.8 Å². The maximum absolute atomic E-state index is 4.24. The third kappa shape index (κ3) is 2.78. The minimum Gasteiger partial charge on any atom is -0.295 e. The van der Waals surface area contributed by atoms with Crippen molar-refractivity contribution in [2.45, 2.75) is 39.7 Å². The van der Waals surface area contributed by atoms with E-state index in [4.69, 9.17) is 0 Å². The molecule has 0 heterocycles. The fraction of sp³-hybridized carbons (Fsp3) is 0.857. The summed E-state index contributed by atoms with van der Waals surface area (Å²) in [5, 5.41) is 0. The second-order valence-corrected chi connectivity index (χ2v) is 1.88. The first-order chi connectivity index (χ1) is 3.85. The summed E-state index contributed by atoms with van der Waals surface area (Å²) < 4.78 is 0. The Morgan fingerprint density at radius 1 is 1.38 bits per heavy atom. The van der Waals surface area contributed by atoms with Crippen molar-refractivity contribution in [1.29, 1.82) is 0 Å². The Kier molecular flexibility index (Phi) is 4.62. The van der Waals surface area contributed by atoms with Crippen molar-refractivity contribution in [3.8, 4) is 0 Å². The molecule has 0 N–H and O–H groups in total. The fourth-order valence-electron chi connectivity index (χ4n) is 0.710. The van der Waals surface area contributed by atoms with Crippen molar-refractivity contribution in [2.75, 3.05) is 0 Å². The van der Waals surface area contributed by atoms with Gasteiger partial charge in [-0.25, -0.2) is 0 Å². The average molecular weight is 113 g/mol. The first-order valence-electron chi connectivity index (χ1n) is 3.32. The second kappa shape index (κ2) is 4.82. The molecule has 0 amide bonds. The summed E-state index contributed by atoms with van der Waals surface area (Å²) in [5.74, 6) is 0. The summed E-state index contributed by atoms with van der Waals surface area (Å²) >= 11 is 0. The van der Waals surface area contributed by atoms with E-state index in [1.165, 1.54) is 12.8 Å². The Morgan fingerprint density at radius 2 is 1.88 bits per heavy atom. The molecule has 1 heteroatoms. The normalized spacial score (nSPS) is 11.5. The molecular formula is C7H15N. The summed E-state index contributed by atoms with van der Waals surface area (Å²) in [5.41, 5.74) is 0. The largest absolute Gasteiger partial charge is 0.295 e. The van der Waals surface area contributed by atoms with Gasteiger partial charge in [-0.05, 0) is 26.0 Å². The molecule has 0 radical (unpaired) electrons. The van der Waals surface area contributed by atoms with E-state index in [0.29, 0.717) is 6.04 Å². The quantitative estimate of drug-likeness (QED) is 0.498. The lowest BCUT2D eigenvalue weighted by atomic mass is 10.2. The van der Waals surface area contributed by atoms with Gasteiger partial charge < -0.3 is 0 Å². The molecule has 0 spiro atoms. The SMILES string of the molecule is CC=NC(CC)CC. The van der Waals surface area contributed by atoms with Crippen LogP contribution in [0.2, 0.25) is 0 Å². The predicted octanol–water partition coefficient (Wildman–Crippen LogP) is 2.27. The summed E-state index contributed by atoms with van der Waals surface area (Å²) in [4.78, 5) is 4.24. The molecule has 0 bridgehead atoms. The first-order valence-corrected chi connectivity index (χ1v) is 3.32. The maximum Gasteiger partial charge on any atom is 0.0490 e. The number of rotatable bonds is 3. The van der Waals surface area contributed by atoms with Crippen LogP contribution in [0.3, 0.4) is 0 Å². The average Bonchev–Trinajstić information content (AvgIpc) is 1.83. The predicted molar refractivity (Wildman–Crippen MR) is 38.5 cm³/mol. The molecule has 8 heavy (non-hydrogen) atoms. The van der Waals surface area contributed by atoms with Gasteiger partial charge in [0.05, 0.1) is 0 Å². The molecule has 0 aromatic heterocycles. The highest BCUT2D eigenvalue weighted by atomic mass is 14.7. The molecule has 48 valence electrons. The smallest absolute Gasteiger partial charge is 0.0490 e. The van der Waals surface area contributed by atoms with Gasteiger partial charge in [0.25, 0.3) is 0 Å². The number of hydrogen-bond acceptors (Lipinski definition) is 1. The lowest BCUT2D eigenvalue weighted by Gasteiger charge is -2.02. The van der Waals surface area contributed by atoms with Crippen LogP contribution in [0.5, 0.6) is 0 Å². The summed E-state index contributed by atoms with van der Waals surface area (Å²) in [6, 6.07) is 0.569. The lowest BCUT2D eigenvalue weighted by Crippen LogP contribution is -1.98. The molecule has 0 rings (SSSR count). The van der Waals surface area contributed by atoms with Crippen LogP contribution in [0.15, 0.2) is 4.99 Å². The summed E-state index contributed by atoms with van der Waals surface area (Å²) in [6.45, 7) is 6.31. The van der Waals surface area contributed by atoms with Gasteiger partial charge in [0.1, 0.15) is 0 Å². The van der Waals surface area contributed by atoms with Gasteiger partial charge in [0.15, 0.2) is 0 Å². The van der Waals surface area contributed by atoms with Crippen LogP contribution in [0.4, 0.5) is 0 Å². The second-order valence-electron chi connectivity index (χ2n) is 1.88. The topological polar surface area (TPSA) is 12.4 Å². The number of nitrogens with zero attached hydrogens (tertiary/aromatic N) is 1. The zero-order valence-corrected chi connectivity index (χ0v) is 6.02. The van der Waals surface area contributed by atoms with Crippen molar-refractivity contribution in [3.63, 3.8) is 0 Å². The Hall–Kier alpha value is -0.330. The first kappa shape index (κ1) is 7.67. The molecule has 0 atom stereocenters. The highest BCUT2D eigenvalue weighted by Gasteiger charge is 1.94. The van der Waals surface area contributed by atoms with Gasteiger partial charge in [-0.3, -0.25) is 4.99 Å². The van der Waals surface area contributed by atoms with Crippen molar-refractivity contribution >= 4 is 6.21 Å². The Bertz CT molecular complexity index is 62.8. The van der Waals surface area contributed by atoms with Gasteiger partial charge in [0.2, 0.25) is 0 Å². The number of hydrogen-bond donors (Lipinski definition) is 0. The van der Waals surface area contributed by atoms with E-state index in [1.54, 1.807) is 0 Å². The van der Waals surface area contributed by atoms with Crippen LogP contribution in [0, 0.1) is 0 Å². The van der Waals surface area contributed by atoms with Gasteiger partial charge >= 0.3 is 0 Å². The summed E-state index contributed by atoms with van der Waals surface area (Å²) in [6.07, 6.45) is 4.22. The molecule has 0 fully saturated rings. The van der Waals surface area contributed by atoms with Crippen LogP contribution in [0.1, 0.15) is 33.6 Å². The summed E-state index contributed by atoms with van der Waals surface area (Å²) in [7, 11) is 0. The van der Waals surface area contributed by atoms with E-state index in [9.17, 15) is 0 Å². The van der Waals surface area contributed by atoms with E-state index in [-0.39, 0.29) is 0 Å². The monoisotopic (exact) mass is 113 g/mol. The minimum absolute atomic E-state index is 0.569. The van der Waals surface area contributed by atoms with Crippen LogP contribution in [-0.2, 0) is 0 Å². The van der Waals surface area contributed by atoms with E-state index in [2.05, 4.69) is 18.8 Å². The van der Waals surface area contributed by atoms with E-state index < -0.39 is 0 Å². The molecule has 0 aliphatic rings. The van der Waals surface area contributed by atoms with E-state index in [0.717, 1.165) is 0 Å². The van der Waals surface area contributed by atoms with Crippen LogP contribution in [0.25, 0.3) is 0 Å². The number of aliphatic imine (C=N–C) groups is 1. The molecule has 0 aliphatic carbocycles. The third-order valence-electron chi connectivity index (χ3n) is 1.30. The minimum atomic E-state index is 0.569. The van der Waals surface area contributed by atoms with Crippen molar-refractivity contribution < 1.29 is 0 Å². The van der Waals surface area contributed by atoms with Gasteiger partial charge in [-0.15, -0.1) is 0 Å². The highest BCUT2D eigenvalue weighted by Crippen LogP contribution is 1.99.